The highest BCUT2D eigenvalue weighted by Gasteiger charge is 2.36. The highest BCUT2D eigenvalue weighted by molar-refractivity contribution is 5.99. The summed E-state index contributed by atoms with van der Waals surface area (Å²) in [7, 11) is 1.72. The first kappa shape index (κ1) is 12.7. The van der Waals surface area contributed by atoms with Crippen molar-refractivity contribution < 1.29 is 9.53 Å². The summed E-state index contributed by atoms with van der Waals surface area (Å²) in [6, 6.07) is 5.03. The molecule has 1 aliphatic rings. The highest BCUT2D eigenvalue weighted by atomic mass is 16.5. The summed E-state index contributed by atoms with van der Waals surface area (Å²) < 4.78 is 5.52. The normalized spacial score (nSPS) is 16.9. The Kier molecular flexibility index (Phi) is 3.43. The second kappa shape index (κ2) is 4.86. The molecule has 0 unspecified atom stereocenters. The van der Waals surface area contributed by atoms with Crippen LogP contribution in [0.25, 0.3) is 0 Å². The van der Waals surface area contributed by atoms with Crippen LogP contribution >= 0.6 is 0 Å². The van der Waals surface area contributed by atoms with E-state index in [2.05, 4.69) is 5.32 Å². The van der Waals surface area contributed by atoms with E-state index in [0.717, 1.165) is 12.8 Å². The third-order valence-electron chi connectivity index (χ3n) is 3.61. The summed E-state index contributed by atoms with van der Waals surface area (Å²) in [6.07, 6.45) is 3.24. The second-order valence-corrected chi connectivity index (χ2v) is 4.76. The van der Waals surface area contributed by atoms with E-state index < -0.39 is 5.91 Å². The van der Waals surface area contributed by atoms with Gasteiger partial charge in [0.05, 0.1) is 11.2 Å². The number of carbonyl (C=O) groups excluding carboxylic acids is 1. The summed E-state index contributed by atoms with van der Waals surface area (Å²) in [5, 5.41) is 3.22. The van der Waals surface area contributed by atoms with Gasteiger partial charge in [-0.3, -0.25) is 4.79 Å². The number of nitrogens with one attached hydrogen (secondary N) is 1. The average Bonchev–Trinajstić information content (AvgIpc) is 2.28. The molecule has 1 saturated carbocycles. The number of amides is 1. The molecule has 1 amide bonds. The Morgan fingerprint density at radius 2 is 2.22 bits per heavy atom. The van der Waals surface area contributed by atoms with Crippen LogP contribution in [0, 0.1) is 0 Å². The van der Waals surface area contributed by atoms with Gasteiger partial charge in [0.15, 0.2) is 0 Å². The van der Waals surface area contributed by atoms with Crippen molar-refractivity contribution in [3.63, 3.8) is 0 Å². The van der Waals surface area contributed by atoms with E-state index in [4.69, 9.17) is 16.2 Å². The Labute approximate surface area is 106 Å². The summed E-state index contributed by atoms with van der Waals surface area (Å²) in [5.41, 5.74) is 12.7. The van der Waals surface area contributed by atoms with Crippen LogP contribution in [0.2, 0.25) is 0 Å². The van der Waals surface area contributed by atoms with Crippen LogP contribution in [0.15, 0.2) is 18.2 Å². The van der Waals surface area contributed by atoms with Crippen LogP contribution in [0.4, 0.5) is 11.4 Å². The molecule has 5 heteroatoms. The van der Waals surface area contributed by atoms with Crippen molar-refractivity contribution in [2.75, 3.05) is 24.7 Å². The molecule has 1 aromatic carbocycles. The first-order valence-corrected chi connectivity index (χ1v) is 6.05. The molecule has 1 aliphatic carbocycles. The number of nitrogens with two attached hydrogens (primary N) is 2. The fourth-order valence-electron chi connectivity index (χ4n) is 2.20. The summed E-state index contributed by atoms with van der Waals surface area (Å²) in [4.78, 5) is 11.3. The van der Waals surface area contributed by atoms with Gasteiger partial charge in [0, 0.05) is 25.0 Å². The predicted octanol–water partition coefficient (Wildman–Crippen LogP) is 1.35. The number of carbonyl (C=O) groups is 1. The lowest BCUT2D eigenvalue weighted by Gasteiger charge is -2.40. The zero-order valence-corrected chi connectivity index (χ0v) is 10.5. The molecule has 0 radical (unpaired) electrons. The molecule has 0 atom stereocenters. The molecule has 18 heavy (non-hydrogen) atoms. The van der Waals surface area contributed by atoms with Crippen molar-refractivity contribution in [1.82, 2.24) is 0 Å². The Balaban J connectivity index is 2.12. The van der Waals surface area contributed by atoms with Crippen molar-refractivity contribution in [3.8, 4) is 0 Å². The zero-order valence-electron chi connectivity index (χ0n) is 10.5. The second-order valence-electron chi connectivity index (χ2n) is 4.76. The van der Waals surface area contributed by atoms with E-state index in [1.165, 1.54) is 6.42 Å². The molecule has 5 nitrogen and oxygen atoms in total. The Hall–Kier alpha value is -1.75. The molecule has 0 spiro atoms. The van der Waals surface area contributed by atoms with Crippen LogP contribution < -0.4 is 16.8 Å². The van der Waals surface area contributed by atoms with Gasteiger partial charge >= 0.3 is 0 Å². The largest absolute Gasteiger partial charge is 0.399 e. The molecule has 0 bridgehead atoms. The first-order valence-electron chi connectivity index (χ1n) is 6.05. The number of hydrogen-bond donors (Lipinski definition) is 3. The van der Waals surface area contributed by atoms with Gasteiger partial charge in [-0.05, 0) is 37.5 Å². The van der Waals surface area contributed by atoms with E-state index in [-0.39, 0.29) is 5.60 Å². The van der Waals surface area contributed by atoms with E-state index in [1.54, 1.807) is 25.3 Å². The number of nitrogen functional groups attached to an aromatic ring is 1. The predicted molar refractivity (Wildman–Crippen MR) is 71.5 cm³/mol. The molecular formula is C13H19N3O2. The maximum absolute atomic E-state index is 11.3. The van der Waals surface area contributed by atoms with Gasteiger partial charge in [-0.2, -0.15) is 0 Å². The maximum Gasteiger partial charge on any atom is 0.250 e. The molecule has 5 N–H and O–H groups in total. The minimum absolute atomic E-state index is 0.112. The Morgan fingerprint density at radius 3 is 2.72 bits per heavy atom. The number of anilines is 2. The van der Waals surface area contributed by atoms with Crippen molar-refractivity contribution >= 4 is 17.3 Å². The van der Waals surface area contributed by atoms with Gasteiger partial charge in [0.25, 0.3) is 5.91 Å². The van der Waals surface area contributed by atoms with E-state index >= 15 is 0 Å². The Bertz CT molecular complexity index is 450. The monoisotopic (exact) mass is 249 g/mol. The lowest BCUT2D eigenvalue weighted by Crippen LogP contribution is -2.45. The molecule has 0 heterocycles. The van der Waals surface area contributed by atoms with Crippen molar-refractivity contribution in [3.05, 3.63) is 23.8 Å². The fraction of sp³-hybridized carbons (Fsp3) is 0.462. The van der Waals surface area contributed by atoms with Crippen molar-refractivity contribution in [1.29, 1.82) is 0 Å². The molecule has 1 fully saturated rings. The van der Waals surface area contributed by atoms with Gasteiger partial charge in [-0.15, -0.1) is 0 Å². The SMILES string of the molecule is COC1(CNc2cc(N)ccc2C(N)=O)CCC1. The number of rotatable bonds is 5. The number of hydrogen-bond acceptors (Lipinski definition) is 4. The van der Waals surface area contributed by atoms with Crippen LogP contribution in [0.3, 0.4) is 0 Å². The quantitative estimate of drug-likeness (QED) is 0.687. The van der Waals surface area contributed by atoms with Crippen molar-refractivity contribution in [2.45, 2.75) is 24.9 Å². The van der Waals surface area contributed by atoms with Crippen LogP contribution in [-0.2, 0) is 4.74 Å². The highest BCUT2D eigenvalue weighted by Crippen LogP contribution is 2.35. The van der Waals surface area contributed by atoms with Gasteiger partial charge in [-0.1, -0.05) is 0 Å². The molecule has 98 valence electrons. The summed E-state index contributed by atoms with van der Waals surface area (Å²) >= 11 is 0. The smallest absolute Gasteiger partial charge is 0.250 e. The molecule has 0 aromatic heterocycles. The van der Waals surface area contributed by atoms with Crippen LogP contribution in [0.5, 0.6) is 0 Å². The van der Waals surface area contributed by atoms with Crippen LogP contribution in [-0.4, -0.2) is 25.2 Å². The summed E-state index contributed by atoms with van der Waals surface area (Å²) in [5.74, 6) is -0.461. The third-order valence-corrected chi connectivity index (χ3v) is 3.61. The Morgan fingerprint density at radius 1 is 1.50 bits per heavy atom. The summed E-state index contributed by atoms with van der Waals surface area (Å²) in [6.45, 7) is 0.660. The van der Waals surface area contributed by atoms with E-state index in [0.29, 0.717) is 23.5 Å². The zero-order chi connectivity index (χ0) is 13.2. The van der Waals surface area contributed by atoms with Gasteiger partial charge < -0.3 is 21.5 Å². The van der Waals surface area contributed by atoms with Gasteiger partial charge in [0.2, 0.25) is 0 Å². The number of benzene rings is 1. The first-order chi connectivity index (χ1) is 8.56. The van der Waals surface area contributed by atoms with E-state index in [9.17, 15) is 4.79 Å². The van der Waals surface area contributed by atoms with Gasteiger partial charge in [-0.25, -0.2) is 0 Å². The third kappa shape index (κ3) is 2.41. The average molecular weight is 249 g/mol. The molecule has 0 saturated heterocycles. The number of methoxy groups -OCH3 is 1. The van der Waals surface area contributed by atoms with Gasteiger partial charge in [0.1, 0.15) is 0 Å². The lowest BCUT2D eigenvalue weighted by atomic mass is 9.80. The molecule has 1 aromatic rings. The molecule has 2 rings (SSSR count). The number of primary amides is 1. The van der Waals surface area contributed by atoms with E-state index in [1.807, 2.05) is 0 Å². The number of ether oxygens (including phenoxy) is 1. The topological polar surface area (TPSA) is 90.4 Å². The standard InChI is InChI=1S/C13H19N3O2/c1-18-13(5-2-6-13)8-16-11-7-9(14)3-4-10(11)12(15)17/h3-4,7,16H,2,5-6,8,14H2,1H3,(H2,15,17). The minimum Gasteiger partial charge on any atom is -0.399 e. The lowest BCUT2D eigenvalue weighted by molar-refractivity contribution is -0.0601. The van der Waals surface area contributed by atoms with Crippen LogP contribution in [0.1, 0.15) is 29.6 Å². The minimum atomic E-state index is -0.461. The molecule has 0 aliphatic heterocycles. The fourth-order valence-corrected chi connectivity index (χ4v) is 2.20. The molecular weight excluding hydrogens is 230 g/mol. The van der Waals surface area contributed by atoms with Crippen molar-refractivity contribution in [2.24, 2.45) is 5.73 Å². The maximum atomic E-state index is 11.3.